The Kier molecular flexibility index (Phi) is 19.5. The Morgan fingerprint density at radius 3 is 1.38 bits per heavy atom. The number of unbranched alkanes of at least 4 members (excludes halogenated alkanes) is 20. The maximum Gasteiger partial charge on any atom is 0.0377 e. The second-order valence-electron chi connectivity index (χ2n) is 9.03. The van der Waals surface area contributed by atoms with E-state index in [1.807, 2.05) is 6.20 Å². The van der Waals surface area contributed by atoms with Crippen molar-refractivity contribution >= 4 is 6.08 Å². The van der Waals surface area contributed by atoms with Crippen LogP contribution in [0.15, 0.2) is 24.4 Å². The standard InChI is InChI=1S/C28H51N/c1-2-3-4-5-6-7-8-9-10-11-12-13-14-15-16-17-18-19-20-21-22-23-25-28-26-24-27-29-28/h23-27,29H,2-22H2,1H3. The number of H-pyrrole nitrogens is 1. The molecule has 0 unspecified atom stereocenters. The largest absolute Gasteiger partial charge is 0.362 e. The third-order valence-electron chi connectivity index (χ3n) is 6.14. The molecule has 0 aliphatic carbocycles. The number of allylic oxidation sites excluding steroid dienone is 1. The van der Waals surface area contributed by atoms with E-state index in [1.54, 1.807) is 0 Å². The van der Waals surface area contributed by atoms with Crippen molar-refractivity contribution in [3.63, 3.8) is 0 Å². The van der Waals surface area contributed by atoms with Gasteiger partial charge in [0.25, 0.3) is 0 Å². The number of hydrogen-bond donors (Lipinski definition) is 1. The SMILES string of the molecule is CCCCCCCCCCCCCCCCCCCCCCC=Cc1ccc[nH]1. The van der Waals surface area contributed by atoms with Gasteiger partial charge in [0.2, 0.25) is 0 Å². The molecule has 1 rings (SSSR count). The molecule has 1 heterocycles. The van der Waals surface area contributed by atoms with E-state index >= 15 is 0 Å². The maximum absolute atomic E-state index is 3.21. The zero-order chi connectivity index (χ0) is 20.7. The normalized spacial score (nSPS) is 11.6. The minimum atomic E-state index is 1.22. The van der Waals surface area contributed by atoms with Crippen LogP contribution in [0.1, 0.15) is 147 Å². The summed E-state index contributed by atoms with van der Waals surface area (Å²) in [5.41, 5.74) is 1.22. The molecule has 0 saturated carbocycles. The summed E-state index contributed by atoms with van der Waals surface area (Å²) in [6.07, 6.45) is 36.8. The van der Waals surface area contributed by atoms with E-state index in [-0.39, 0.29) is 0 Å². The van der Waals surface area contributed by atoms with Gasteiger partial charge in [-0.3, -0.25) is 0 Å². The van der Waals surface area contributed by atoms with E-state index in [0.717, 1.165) is 0 Å². The van der Waals surface area contributed by atoms with Crippen LogP contribution in [0.3, 0.4) is 0 Å². The molecule has 1 N–H and O–H groups in total. The molecule has 168 valence electrons. The summed E-state index contributed by atoms with van der Waals surface area (Å²) in [4.78, 5) is 3.21. The summed E-state index contributed by atoms with van der Waals surface area (Å²) in [5, 5.41) is 0. The molecule has 0 aliphatic rings. The average Bonchev–Trinajstić information content (AvgIpc) is 3.25. The van der Waals surface area contributed by atoms with Crippen molar-refractivity contribution in [2.24, 2.45) is 0 Å². The third kappa shape index (κ3) is 18.8. The van der Waals surface area contributed by atoms with Crippen LogP contribution in [0, 0.1) is 0 Å². The lowest BCUT2D eigenvalue weighted by molar-refractivity contribution is 0.522. The molecule has 0 aliphatic heterocycles. The van der Waals surface area contributed by atoms with Crippen LogP contribution in [-0.4, -0.2) is 4.98 Å². The molecule has 0 spiro atoms. The van der Waals surface area contributed by atoms with Crippen molar-refractivity contribution in [3.05, 3.63) is 30.1 Å². The highest BCUT2D eigenvalue weighted by Gasteiger charge is 1.95. The van der Waals surface area contributed by atoms with Crippen LogP contribution in [-0.2, 0) is 0 Å². The molecule has 0 aromatic carbocycles. The van der Waals surface area contributed by atoms with Gasteiger partial charge in [-0.05, 0) is 31.1 Å². The van der Waals surface area contributed by atoms with Gasteiger partial charge in [0.05, 0.1) is 0 Å². The summed E-state index contributed by atoms with van der Waals surface area (Å²) in [6.45, 7) is 2.30. The summed E-state index contributed by atoms with van der Waals surface area (Å²) >= 11 is 0. The first-order valence-corrected chi connectivity index (χ1v) is 13.2. The predicted molar refractivity (Wildman–Crippen MR) is 132 cm³/mol. The zero-order valence-corrected chi connectivity index (χ0v) is 19.7. The van der Waals surface area contributed by atoms with Gasteiger partial charge in [0, 0.05) is 11.9 Å². The second-order valence-corrected chi connectivity index (χ2v) is 9.03. The fourth-order valence-corrected chi connectivity index (χ4v) is 4.18. The lowest BCUT2D eigenvalue weighted by atomic mass is 10.0. The van der Waals surface area contributed by atoms with E-state index < -0.39 is 0 Å². The van der Waals surface area contributed by atoms with E-state index in [2.05, 4.69) is 36.2 Å². The smallest absolute Gasteiger partial charge is 0.0377 e. The molecule has 0 bridgehead atoms. The molecule has 0 fully saturated rings. The molecule has 1 aromatic heterocycles. The van der Waals surface area contributed by atoms with Crippen molar-refractivity contribution in [2.75, 3.05) is 0 Å². The van der Waals surface area contributed by atoms with Gasteiger partial charge < -0.3 is 4.98 Å². The number of aromatic nitrogens is 1. The minimum Gasteiger partial charge on any atom is -0.362 e. The molecule has 0 radical (unpaired) electrons. The molecular formula is C28H51N. The Morgan fingerprint density at radius 2 is 1.00 bits per heavy atom. The highest BCUT2D eigenvalue weighted by atomic mass is 14.7. The van der Waals surface area contributed by atoms with Crippen LogP contribution in [0.2, 0.25) is 0 Å². The van der Waals surface area contributed by atoms with Gasteiger partial charge >= 0.3 is 0 Å². The van der Waals surface area contributed by atoms with Crippen LogP contribution in [0.25, 0.3) is 6.08 Å². The van der Waals surface area contributed by atoms with E-state index in [1.165, 1.54) is 141 Å². The van der Waals surface area contributed by atoms with Gasteiger partial charge in [-0.25, -0.2) is 0 Å². The van der Waals surface area contributed by atoms with Gasteiger partial charge in [-0.1, -0.05) is 135 Å². The quantitative estimate of drug-likeness (QED) is 0.186. The Hall–Kier alpha value is -0.980. The molecule has 1 heteroatoms. The van der Waals surface area contributed by atoms with Gasteiger partial charge in [-0.15, -0.1) is 0 Å². The maximum atomic E-state index is 3.21. The first-order valence-electron chi connectivity index (χ1n) is 13.2. The van der Waals surface area contributed by atoms with Gasteiger partial charge in [-0.2, -0.15) is 0 Å². The van der Waals surface area contributed by atoms with Crippen LogP contribution in [0.4, 0.5) is 0 Å². The van der Waals surface area contributed by atoms with Gasteiger partial charge in [0.1, 0.15) is 0 Å². The minimum absolute atomic E-state index is 1.22. The summed E-state index contributed by atoms with van der Waals surface area (Å²) in [7, 11) is 0. The average molecular weight is 402 g/mol. The fraction of sp³-hybridized carbons (Fsp3) is 0.786. The van der Waals surface area contributed by atoms with Crippen molar-refractivity contribution in [1.29, 1.82) is 0 Å². The van der Waals surface area contributed by atoms with E-state index in [4.69, 9.17) is 0 Å². The summed E-state index contributed by atoms with van der Waals surface area (Å²) in [6, 6.07) is 4.17. The zero-order valence-electron chi connectivity index (χ0n) is 19.7. The molecule has 0 atom stereocenters. The first kappa shape index (κ1) is 26.1. The van der Waals surface area contributed by atoms with Crippen molar-refractivity contribution in [2.45, 2.75) is 142 Å². The monoisotopic (exact) mass is 401 g/mol. The molecular weight excluding hydrogens is 350 g/mol. The van der Waals surface area contributed by atoms with Crippen LogP contribution < -0.4 is 0 Å². The molecule has 29 heavy (non-hydrogen) atoms. The van der Waals surface area contributed by atoms with Gasteiger partial charge in [0.15, 0.2) is 0 Å². The third-order valence-corrected chi connectivity index (χ3v) is 6.14. The topological polar surface area (TPSA) is 15.8 Å². The van der Waals surface area contributed by atoms with E-state index in [9.17, 15) is 0 Å². The summed E-state index contributed by atoms with van der Waals surface area (Å²) in [5.74, 6) is 0. The number of rotatable bonds is 22. The van der Waals surface area contributed by atoms with Crippen molar-refractivity contribution in [1.82, 2.24) is 4.98 Å². The molecule has 1 aromatic rings. The summed E-state index contributed by atoms with van der Waals surface area (Å²) < 4.78 is 0. The Morgan fingerprint density at radius 1 is 0.586 bits per heavy atom. The molecule has 0 amide bonds. The number of nitrogens with one attached hydrogen (secondary N) is 1. The lowest BCUT2D eigenvalue weighted by Crippen LogP contribution is -1.84. The van der Waals surface area contributed by atoms with Crippen LogP contribution in [0.5, 0.6) is 0 Å². The fourth-order valence-electron chi connectivity index (χ4n) is 4.18. The molecule has 1 nitrogen and oxygen atoms in total. The first-order chi connectivity index (χ1) is 14.4. The van der Waals surface area contributed by atoms with Crippen molar-refractivity contribution < 1.29 is 0 Å². The Bertz CT molecular complexity index is 431. The lowest BCUT2D eigenvalue weighted by Gasteiger charge is -2.04. The predicted octanol–water partition coefficient (Wildman–Crippen LogP) is 10.2. The highest BCUT2D eigenvalue weighted by molar-refractivity contribution is 5.43. The van der Waals surface area contributed by atoms with E-state index in [0.29, 0.717) is 0 Å². The Balaban J connectivity index is 1.66. The highest BCUT2D eigenvalue weighted by Crippen LogP contribution is 2.15. The van der Waals surface area contributed by atoms with Crippen molar-refractivity contribution in [3.8, 4) is 0 Å². The second kappa shape index (κ2) is 21.7. The Labute approximate surface area is 183 Å². The molecule has 0 saturated heterocycles. The number of hydrogen-bond acceptors (Lipinski definition) is 0. The van der Waals surface area contributed by atoms with Crippen LogP contribution >= 0.6 is 0 Å². The number of aromatic amines is 1.